The van der Waals surface area contributed by atoms with Gasteiger partial charge in [-0.2, -0.15) is 0 Å². The predicted octanol–water partition coefficient (Wildman–Crippen LogP) is 0.708. The van der Waals surface area contributed by atoms with Crippen LogP contribution in [0.4, 0.5) is 5.69 Å². The molecule has 0 heterocycles. The minimum atomic E-state index is -3.79. The molecule has 0 aliphatic heterocycles. The molecule has 1 rings (SSSR count). The minimum absolute atomic E-state index is 0.0116. The van der Waals surface area contributed by atoms with E-state index in [2.05, 4.69) is 5.32 Å². The number of hydrogen-bond acceptors (Lipinski definition) is 4. The molecule has 1 aromatic rings. The number of anilines is 1. The Labute approximate surface area is 113 Å². The van der Waals surface area contributed by atoms with Gasteiger partial charge in [-0.25, -0.2) is 13.6 Å². The van der Waals surface area contributed by atoms with Crippen molar-refractivity contribution in [3.05, 3.63) is 23.8 Å². The maximum absolute atomic E-state index is 11.6. The fourth-order valence-corrected chi connectivity index (χ4v) is 2.37. The third kappa shape index (κ3) is 4.98. The fraction of sp³-hybridized carbons (Fsp3) is 0.417. The molecule has 0 aliphatic carbocycles. The maximum atomic E-state index is 11.6. The highest BCUT2D eigenvalue weighted by atomic mass is 32.2. The van der Waals surface area contributed by atoms with Gasteiger partial charge < -0.3 is 11.1 Å². The number of amides is 1. The second-order valence-corrected chi connectivity index (χ2v) is 6.12. The molecule has 0 aromatic heterocycles. The Bertz CT molecular complexity index is 568. The quantitative estimate of drug-likeness (QED) is 0.738. The summed E-state index contributed by atoms with van der Waals surface area (Å²) >= 11 is 0. The van der Waals surface area contributed by atoms with Crippen LogP contribution in [0.5, 0.6) is 0 Å². The van der Waals surface area contributed by atoms with Crippen molar-refractivity contribution in [1.29, 1.82) is 0 Å². The van der Waals surface area contributed by atoms with Crippen LogP contribution in [0.2, 0.25) is 0 Å². The van der Waals surface area contributed by atoms with Crippen molar-refractivity contribution < 1.29 is 13.2 Å². The predicted molar refractivity (Wildman–Crippen MR) is 74.1 cm³/mol. The van der Waals surface area contributed by atoms with Crippen molar-refractivity contribution in [1.82, 2.24) is 0 Å². The molecule has 0 bridgehead atoms. The summed E-state index contributed by atoms with van der Waals surface area (Å²) < 4.78 is 22.7. The van der Waals surface area contributed by atoms with Crippen LogP contribution < -0.4 is 16.2 Å². The summed E-state index contributed by atoms with van der Waals surface area (Å²) in [6, 6.07) is 4.53. The van der Waals surface area contributed by atoms with E-state index in [1.807, 2.05) is 6.92 Å². The fourth-order valence-electron chi connectivity index (χ4n) is 1.57. The highest BCUT2D eigenvalue weighted by Crippen LogP contribution is 2.19. The molecule has 0 aliphatic rings. The van der Waals surface area contributed by atoms with Crippen LogP contribution in [-0.2, 0) is 14.8 Å². The van der Waals surface area contributed by atoms with Crippen LogP contribution in [0.15, 0.2) is 23.1 Å². The van der Waals surface area contributed by atoms with Gasteiger partial charge in [0.2, 0.25) is 15.9 Å². The number of rotatable bonds is 5. The van der Waals surface area contributed by atoms with E-state index in [0.29, 0.717) is 17.7 Å². The maximum Gasteiger partial charge on any atom is 0.238 e. The average Bonchev–Trinajstić information content (AvgIpc) is 2.27. The highest BCUT2D eigenvalue weighted by Gasteiger charge is 2.13. The molecule has 0 saturated heterocycles. The molecule has 1 unspecified atom stereocenters. The third-order valence-electron chi connectivity index (χ3n) is 2.61. The lowest BCUT2D eigenvalue weighted by atomic mass is 10.2. The number of nitrogens with two attached hydrogens (primary N) is 2. The lowest BCUT2D eigenvalue weighted by molar-refractivity contribution is -0.116. The Hall–Kier alpha value is -1.44. The molecule has 106 valence electrons. The second kappa shape index (κ2) is 6.14. The first-order chi connectivity index (χ1) is 8.70. The minimum Gasteiger partial charge on any atom is -0.328 e. The van der Waals surface area contributed by atoms with Gasteiger partial charge in [0.1, 0.15) is 0 Å². The van der Waals surface area contributed by atoms with Gasteiger partial charge in [-0.05, 0) is 38.0 Å². The Morgan fingerprint density at radius 1 is 1.42 bits per heavy atom. The molecule has 5 N–H and O–H groups in total. The number of sulfonamides is 1. The first kappa shape index (κ1) is 15.6. The molecule has 0 fully saturated rings. The largest absolute Gasteiger partial charge is 0.328 e. The first-order valence-corrected chi connectivity index (χ1v) is 7.43. The molecule has 0 spiro atoms. The van der Waals surface area contributed by atoms with Gasteiger partial charge in [0.15, 0.2) is 0 Å². The molecule has 6 nitrogen and oxygen atoms in total. The SMILES string of the molecule is Cc1ccc(NC(=O)CCC(C)N)cc1S(N)(=O)=O. The Morgan fingerprint density at radius 2 is 2.05 bits per heavy atom. The number of carbonyl (C=O) groups excluding carboxylic acids is 1. The summed E-state index contributed by atoms with van der Waals surface area (Å²) in [5, 5.41) is 7.72. The van der Waals surface area contributed by atoms with Gasteiger partial charge in [0.05, 0.1) is 4.90 Å². The van der Waals surface area contributed by atoms with E-state index in [9.17, 15) is 13.2 Å². The molecular weight excluding hydrogens is 266 g/mol. The van der Waals surface area contributed by atoms with Crippen LogP contribution in [0.25, 0.3) is 0 Å². The zero-order valence-electron chi connectivity index (χ0n) is 11.0. The number of hydrogen-bond donors (Lipinski definition) is 3. The van der Waals surface area contributed by atoms with Crippen LogP contribution in [0, 0.1) is 6.92 Å². The van der Waals surface area contributed by atoms with Gasteiger partial charge in [-0.3, -0.25) is 4.79 Å². The summed E-state index contributed by atoms with van der Waals surface area (Å²) in [6.45, 7) is 3.46. The number of carbonyl (C=O) groups is 1. The monoisotopic (exact) mass is 285 g/mol. The number of aryl methyl sites for hydroxylation is 1. The van der Waals surface area contributed by atoms with E-state index in [0.717, 1.165) is 0 Å². The lowest BCUT2D eigenvalue weighted by Crippen LogP contribution is -2.20. The van der Waals surface area contributed by atoms with E-state index in [4.69, 9.17) is 10.9 Å². The smallest absolute Gasteiger partial charge is 0.238 e. The van der Waals surface area contributed by atoms with E-state index in [-0.39, 0.29) is 23.3 Å². The van der Waals surface area contributed by atoms with Crippen LogP contribution >= 0.6 is 0 Å². The summed E-state index contributed by atoms with van der Waals surface area (Å²) in [7, 11) is -3.79. The number of nitrogens with one attached hydrogen (secondary N) is 1. The summed E-state index contributed by atoms with van der Waals surface area (Å²) in [6.07, 6.45) is 0.857. The summed E-state index contributed by atoms with van der Waals surface area (Å²) in [4.78, 5) is 11.6. The van der Waals surface area contributed by atoms with Crippen LogP contribution in [0.3, 0.4) is 0 Å². The van der Waals surface area contributed by atoms with Crippen molar-refractivity contribution in [2.45, 2.75) is 37.6 Å². The van der Waals surface area contributed by atoms with Gasteiger partial charge in [0, 0.05) is 18.2 Å². The standard InChI is InChI=1S/C12H19N3O3S/c1-8-3-5-10(7-11(8)19(14,17)18)15-12(16)6-4-9(2)13/h3,5,7,9H,4,6,13H2,1-2H3,(H,15,16)(H2,14,17,18). The number of primary sulfonamides is 1. The molecule has 1 aromatic carbocycles. The van der Waals surface area contributed by atoms with Gasteiger partial charge >= 0.3 is 0 Å². The van der Waals surface area contributed by atoms with Crippen LogP contribution in [0.1, 0.15) is 25.3 Å². The Kier molecular flexibility index (Phi) is 5.04. The average molecular weight is 285 g/mol. The van der Waals surface area contributed by atoms with Crippen molar-refractivity contribution >= 4 is 21.6 Å². The third-order valence-corrected chi connectivity index (χ3v) is 3.66. The Morgan fingerprint density at radius 3 is 2.58 bits per heavy atom. The van der Waals surface area contributed by atoms with Gasteiger partial charge in [-0.15, -0.1) is 0 Å². The zero-order chi connectivity index (χ0) is 14.6. The van der Waals surface area contributed by atoms with Crippen molar-refractivity contribution in [2.75, 3.05) is 5.32 Å². The van der Waals surface area contributed by atoms with Crippen molar-refractivity contribution in [3.63, 3.8) is 0 Å². The highest BCUT2D eigenvalue weighted by molar-refractivity contribution is 7.89. The lowest BCUT2D eigenvalue weighted by Gasteiger charge is -2.09. The van der Waals surface area contributed by atoms with Crippen molar-refractivity contribution in [3.8, 4) is 0 Å². The molecule has 1 atom stereocenters. The Balaban J connectivity index is 2.84. The second-order valence-electron chi connectivity index (χ2n) is 4.59. The van der Waals surface area contributed by atoms with E-state index in [1.54, 1.807) is 19.1 Å². The summed E-state index contributed by atoms with van der Waals surface area (Å²) in [5.41, 5.74) is 6.50. The molecule has 0 radical (unpaired) electrons. The summed E-state index contributed by atoms with van der Waals surface area (Å²) in [5.74, 6) is -0.207. The topological polar surface area (TPSA) is 115 Å². The normalized spacial score (nSPS) is 13.1. The zero-order valence-corrected chi connectivity index (χ0v) is 11.8. The van der Waals surface area contributed by atoms with E-state index < -0.39 is 10.0 Å². The molecule has 7 heteroatoms. The molecule has 19 heavy (non-hydrogen) atoms. The first-order valence-electron chi connectivity index (χ1n) is 5.89. The van der Waals surface area contributed by atoms with E-state index >= 15 is 0 Å². The number of benzene rings is 1. The van der Waals surface area contributed by atoms with Gasteiger partial charge in [0.25, 0.3) is 0 Å². The van der Waals surface area contributed by atoms with E-state index in [1.165, 1.54) is 6.07 Å². The van der Waals surface area contributed by atoms with Crippen molar-refractivity contribution in [2.24, 2.45) is 10.9 Å². The van der Waals surface area contributed by atoms with Gasteiger partial charge in [-0.1, -0.05) is 6.07 Å². The van der Waals surface area contributed by atoms with Crippen LogP contribution in [-0.4, -0.2) is 20.4 Å². The molecule has 0 saturated carbocycles. The molecule has 1 amide bonds. The molecular formula is C12H19N3O3S.